The van der Waals surface area contributed by atoms with E-state index in [0.29, 0.717) is 6.54 Å². The van der Waals surface area contributed by atoms with Crippen LogP contribution in [-0.4, -0.2) is 42.7 Å². The lowest BCUT2D eigenvalue weighted by Gasteiger charge is -2.39. The molecular weight excluding hydrogens is 320 g/mol. The Morgan fingerprint density at radius 2 is 2.12 bits per heavy atom. The third kappa shape index (κ3) is 3.74. The maximum absolute atomic E-state index is 12.7. The Morgan fingerprint density at radius 3 is 2.83 bits per heavy atom. The second-order valence-electron chi connectivity index (χ2n) is 5.90. The minimum Gasteiger partial charge on any atom is -0.465 e. The lowest BCUT2D eigenvalue weighted by Crippen LogP contribution is -2.55. The highest BCUT2D eigenvalue weighted by atomic mass is 32.2. The number of para-hydroxylation sites is 1. The molecule has 0 bridgehead atoms. The fourth-order valence-corrected chi connectivity index (χ4v) is 3.67. The number of furan rings is 1. The van der Waals surface area contributed by atoms with E-state index in [1.807, 2.05) is 53.6 Å². The minimum absolute atomic E-state index is 0.150. The van der Waals surface area contributed by atoms with E-state index >= 15 is 0 Å². The smallest absolute Gasteiger partial charge is 0.241 e. The zero-order chi connectivity index (χ0) is 16.9. The van der Waals surface area contributed by atoms with E-state index in [9.17, 15) is 4.79 Å². The topological polar surface area (TPSA) is 36.7 Å². The van der Waals surface area contributed by atoms with Crippen molar-refractivity contribution in [3.8, 4) is 0 Å². The third-order valence-corrected chi connectivity index (χ3v) is 4.91. The number of amides is 1. The second kappa shape index (κ2) is 7.73. The van der Waals surface area contributed by atoms with Crippen LogP contribution in [0, 0.1) is 0 Å². The number of benzene rings is 1. The summed E-state index contributed by atoms with van der Waals surface area (Å²) in [6, 6.07) is 12.0. The molecule has 1 aliphatic rings. The lowest BCUT2D eigenvalue weighted by molar-refractivity contribution is -0.121. The SMILES string of the molecule is CSc1ccccc1N1C(=O)CN(C/C=C/c2ccco2)CC1C. The van der Waals surface area contributed by atoms with Gasteiger partial charge >= 0.3 is 0 Å². The molecule has 0 saturated carbocycles. The number of rotatable bonds is 5. The van der Waals surface area contributed by atoms with Gasteiger partial charge in [0.25, 0.3) is 0 Å². The van der Waals surface area contributed by atoms with E-state index in [0.717, 1.165) is 29.4 Å². The molecule has 1 unspecified atom stereocenters. The highest BCUT2D eigenvalue weighted by Gasteiger charge is 2.31. The normalized spacial score (nSPS) is 19.3. The highest BCUT2D eigenvalue weighted by molar-refractivity contribution is 7.98. The van der Waals surface area contributed by atoms with Gasteiger partial charge in [-0.1, -0.05) is 18.2 Å². The van der Waals surface area contributed by atoms with Crippen molar-refractivity contribution in [3.05, 3.63) is 54.5 Å². The molecule has 1 aromatic carbocycles. The van der Waals surface area contributed by atoms with Gasteiger partial charge in [0.2, 0.25) is 5.91 Å². The molecule has 126 valence electrons. The zero-order valence-corrected chi connectivity index (χ0v) is 14.8. The minimum atomic E-state index is 0.150. The van der Waals surface area contributed by atoms with Crippen molar-refractivity contribution in [2.24, 2.45) is 0 Å². The molecule has 1 amide bonds. The highest BCUT2D eigenvalue weighted by Crippen LogP contribution is 2.31. The molecule has 1 aliphatic heterocycles. The standard InChI is InChI=1S/C19H22N2O2S/c1-15-13-20(11-5-7-16-8-6-12-23-16)14-19(22)21(15)17-9-3-4-10-18(17)24-2/h3-10,12,15H,11,13-14H2,1-2H3/b7-5+. The van der Waals surface area contributed by atoms with Crippen molar-refractivity contribution >= 4 is 29.4 Å². The monoisotopic (exact) mass is 342 g/mol. The Labute approximate surface area is 147 Å². The van der Waals surface area contributed by atoms with Crippen molar-refractivity contribution in [2.75, 3.05) is 30.8 Å². The largest absolute Gasteiger partial charge is 0.465 e. The summed E-state index contributed by atoms with van der Waals surface area (Å²) < 4.78 is 5.28. The maximum Gasteiger partial charge on any atom is 0.241 e. The van der Waals surface area contributed by atoms with Crippen molar-refractivity contribution in [1.29, 1.82) is 0 Å². The first-order chi connectivity index (χ1) is 11.7. The summed E-state index contributed by atoms with van der Waals surface area (Å²) >= 11 is 1.68. The number of carbonyl (C=O) groups is 1. The van der Waals surface area contributed by atoms with E-state index in [4.69, 9.17) is 4.42 Å². The quantitative estimate of drug-likeness (QED) is 0.776. The van der Waals surface area contributed by atoms with Crippen LogP contribution in [-0.2, 0) is 4.79 Å². The molecule has 5 heteroatoms. The van der Waals surface area contributed by atoms with Crippen molar-refractivity contribution < 1.29 is 9.21 Å². The summed E-state index contributed by atoms with van der Waals surface area (Å²) in [7, 11) is 0. The van der Waals surface area contributed by atoms with Gasteiger partial charge in [0.1, 0.15) is 5.76 Å². The predicted octanol–water partition coefficient (Wildman–Crippen LogP) is 3.75. The van der Waals surface area contributed by atoms with Crippen LogP contribution < -0.4 is 4.90 Å². The molecule has 0 aliphatic carbocycles. The number of carbonyl (C=O) groups excluding carboxylic acids is 1. The summed E-state index contributed by atoms with van der Waals surface area (Å²) in [5.41, 5.74) is 1.02. The molecule has 0 radical (unpaired) electrons. The lowest BCUT2D eigenvalue weighted by atomic mass is 10.1. The number of thioether (sulfide) groups is 1. The molecule has 2 aromatic rings. The van der Waals surface area contributed by atoms with Crippen LogP contribution >= 0.6 is 11.8 Å². The van der Waals surface area contributed by atoms with Crippen LogP contribution in [0.1, 0.15) is 12.7 Å². The number of hydrogen-bond acceptors (Lipinski definition) is 4. The van der Waals surface area contributed by atoms with Crippen LogP contribution in [0.3, 0.4) is 0 Å². The molecular formula is C19H22N2O2S. The Kier molecular flexibility index (Phi) is 5.43. The average molecular weight is 342 g/mol. The number of anilines is 1. The molecule has 1 fully saturated rings. The fourth-order valence-electron chi connectivity index (χ4n) is 3.08. The van der Waals surface area contributed by atoms with Gasteiger partial charge in [-0.05, 0) is 43.5 Å². The fraction of sp³-hybridized carbons (Fsp3) is 0.316. The second-order valence-corrected chi connectivity index (χ2v) is 6.74. The Bertz CT molecular complexity index is 712. The first-order valence-corrected chi connectivity index (χ1v) is 9.29. The van der Waals surface area contributed by atoms with Gasteiger partial charge in [0, 0.05) is 24.0 Å². The molecule has 3 rings (SSSR count). The van der Waals surface area contributed by atoms with E-state index in [-0.39, 0.29) is 11.9 Å². The average Bonchev–Trinajstić information content (AvgIpc) is 3.08. The van der Waals surface area contributed by atoms with Gasteiger partial charge < -0.3 is 9.32 Å². The van der Waals surface area contributed by atoms with Crippen LogP contribution in [0.5, 0.6) is 0 Å². The van der Waals surface area contributed by atoms with Crippen molar-refractivity contribution in [2.45, 2.75) is 17.9 Å². The molecule has 4 nitrogen and oxygen atoms in total. The van der Waals surface area contributed by atoms with E-state index in [1.54, 1.807) is 18.0 Å². The van der Waals surface area contributed by atoms with Crippen LogP contribution in [0.4, 0.5) is 5.69 Å². The number of nitrogens with zero attached hydrogens (tertiary/aromatic N) is 2. The summed E-state index contributed by atoms with van der Waals surface area (Å²) in [4.78, 5) is 18.0. The van der Waals surface area contributed by atoms with Crippen molar-refractivity contribution in [1.82, 2.24) is 4.90 Å². The van der Waals surface area contributed by atoms with Gasteiger partial charge in [-0.15, -0.1) is 11.8 Å². The summed E-state index contributed by atoms with van der Waals surface area (Å²) in [6.45, 7) is 4.15. The molecule has 1 aromatic heterocycles. The predicted molar refractivity (Wildman–Crippen MR) is 99.4 cm³/mol. The van der Waals surface area contributed by atoms with Gasteiger partial charge in [0.05, 0.1) is 18.5 Å². The van der Waals surface area contributed by atoms with Gasteiger partial charge in [-0.25, -0.2) is 0 Å². The molecule has 1 saturated heterocycles. The third-order valence-electron chi connectivity index (χ3n) is 4.12. The van der Waals surface area contributed by atoms with Crippen molar-refractivity contribution in [3.63, 3.8) is 0 Å². The molecule has 0 N–H and O–H groups in total. The van der Waals surface area contributed by atoms with Gasteiger partial charge in [-0.3, -0.25) is 9.69 Å². The summed E-state index contributed by atoms with van der Waals surface area (Å²) in [6.07, 6.45) is 7.70. The maximum atomic E-state index is 12.7. The van der Waals surface area contributed by atoms with E-state index in [2.05, 4.69) is 17.9 Å². The molecule has 2 heterocycles. The van der Waals surface area contributed by atoms with Crippen LogP contribution in [0.25, 0.3) is 6.08 Å². The van der Waals surface area contributed by atoms with E-state index in [1.165, 1.54) is 0 Å². The Morgan fingerprint density at radius 1 is 1.29 bits per heavy atom. The van der Waals surface area contributed by atoms with Crippen LogP contribution in [0.15, 0.2) is 58.1 Å². The molecule has 0 spiro atoms. The van der Waals surface area contributed by atoms with E-state index < -0.39 is 0 Å². The Balaban J connectivity index is 1.67. The van der Waals surface area contributed by atoms with Crippen LogP contribution in [0.2, 0.25) is 0 Å². The first kappa shape index (κ1) is 16.9. The first-order valence-electron chi connectivity index (χ1n) is 8.06. The Hall–Kier alpha value is -1.98. The summed E-state index contributed by atoms with van der Waals surface area (Å²) in [5.74, 6) is 0.989. The number of piperazine rings is 1. The molecule has 1 atom stereocenters. The van der Waals surface area contributed by atoms with Gasteiger partial charge in [-0.2, -0.15) is 0 Å². The number of hydrogen-bond donors (Lipinski definition) is 0. The van der Waals surface area contributed by atoms with Gasteiger partial charge in [0.15, 0.2) is 0 Å². The summed E-state index contributed by atoms with van der Waals surface area (Å²) in [5, 5.41) is 0. The molecule has 24 heavy (non-hydrogen) atoms. The zero-order valence-electron chi connectivity index (χ0n) is 14.0.